The lowest BCUT2D eigenvalue weighted by Gasteiger charge is -2.03. The van der Waals surface area contributed by atoms with Gasteiger partial charge in [0.1, 0.15) is 5.82 Å². The fourth-order valence-electron chi connectivity index (χ4n) is 1.76. The highest BCUT2D eigenvalue weighted by molar-refractivity contribution is 7.10. The topological polar surface area (TPSA) is 29.9 Å². The van der Waals surface area contributed by atoms with Crippen LogP contribution in [0.5, 0.6) is 0 Å². The zero-order valence-corrected chi connectivity index (χ0v) is 10.5. The zero-order valence-electron chi connectivity index (χ0n) is 9.73. The van der Waals surface area contributed by atoms with Gasteiger partial charge in [0.2, 0.25) is 0 Å². The second-order valence-electron chi connectivity index (χ2n) is 3.78. The molecule has 0 fully saturated rings. The number of aryl methyl sites for hydroxylation is 1. The minimum Gasteiger partial charge on any atom is -0.331 e. The van der Waals surface area contributed by atoms with Crippen LogP contribution in [0.4, 0.5) is 0 Å². The quantitative estimate of drug-likeness (QED) is 0.863. The maximum atomic E-state index is 4.43. The van der Waals surface area contributed by atoms with Gasteiger partial charge in [0.05, 0.1) is 0 Å². The van der Waals surface area contributed by atoms with E-state index in [0.29, 0.717) is 0 Å². The van der Waals surface area contributed by atoms with E-state index in [2.05, 4.69) is 33.2 Å². The summed E-state index contributed by atoms with van der Waals surface area (Å²) in [6.07, 6.45) is 5.06. The van der Waals surface area contributed by atoms with Gasteiger partial charge in [-0.1, -0.05) is 6.92 Å². The smallest absolute Gasteiger partial charge is 0.140 e. The highest BCUT2D eigenvalue weighted by Gasteiger charge is 2.07. The van der Waals surface area contributed by atoms with Crippen LogP contribution in [-0.2, 0) is 13.1 Å². The number of thiophene rings is 1. The van der Waals surface area contributed by atoms with Gasteiger partial charge in [-0.25, -0.2) is 4.98 Å². The lowest BCUT2D eigenvalue weighted by atomic mass is 10.3. The molecule has 86 valence electrons. The fraction of sp³-hybridized carbons (Fsp3) is 0.417. The predicted molar refractivity (Wildman–Crippen MR) is 68.6 cm³/mol. The zero-order chi connectivity index (χ0) is 11.4. The highest BCUT2D eigenvalue weighted by Crippen LogP contribution is 2.24. The third kappa shape index (κ3) is 2.33. The SMILES string of the molecule is CCCn1ccnc1-c1csc(CNC)c1. The van der Waals surface area contributed by atoms with E-state index in [1.54, 1.807) is 11.3 Å². The maximum absolute atomic E-state index is 4.43. The Kier molecular flexibility index (Phi) is 3.74. The van der Waals surface area contributed by atoms with E-state index in [-0.39, 0.29) is 0 Å². The number of nitrogens with zero attached hydrogens (tertiary/aromatic N) is 2. The molecule has 0 radical (unpaired) electrons. The van der Waals surface area contributed by atoms with E-state index < -0.39 is 0 Å². The van der Waals surface area contributed by atoms with Crippen molar-refractivity contribution in [2.45, 2.75) is 26.4 Å². The monoisotopic (exact) mass is 235 g/mol. The van der Waals surface area contributed by atoms with Crippen molar-refractivity contribution in [1.29, 1.82) is 0 Å². The molecule has 2 heterocycles. The first-order valence-corrected chi connectivity index (χ1v) is 6.46. The van der Waals surface area contributed by atoms with Crippen molar-refractivity contribution in [3.63, 3.8) is 0 Å². The van der Waals surface area contributed by atoms with Crippen LogP contribution in [0.25, 0.3) is 11.4 Å². The number of rotatable bonds is 5. The summed E-state index contributed by atoms with van der Waals surface area (Å²) in [4.78, 5) is 5.78. The lowest BCUT2D eigenvalue weighted by Crippen LogP contribution is -2.02. The summed E-state index contributed by atoms with van der Waals surface area (Å²) < 4.78 is 2.21. The Morgan fingerprint density at radius 1 is 1.50 bits per heavy atom. The van der Waals surface area contributed by atoms with Gasteiger partial charge in [-0.2, -0.15) is 0 Å². The summed E-state index contributed by atoms with van der Waals surface area (Å²) in [6, 6.07) is 2.22. The van der Waals surface area contributed by atoms with Crippen molar-refractivity contribution in [1.82, 2.24) is 14.9 Å². The minimum atomic E-state index is 0.930. The molecule has 0 saturated heterocycles. The first kappa shape index (κ1) is 11.4. The molecule has 2 aromatic heterocycles. The van der Waals surface area contributed by atoms with Gasteiger partial charge < -0.3 is 9.88 Å². The van der Waals surface area contributed by atoms with Crippen molar-refractivity contribution in [2.75, 3.05) is 7.05 Å². The average Bonchev–Trinajstić information content (AvgIpc) is 2.87. The third-order valence-electron chi connectivity index (χ3n) is 2.44. The summed E-state index contributed by atoms with van der Waals surface area (Å²) >= 11 is 1.78. The molecular weight excluding hydrogens is 218 g/mol. The largest absolute Gasteiger partial charge is 0.331 e. The van der Waals surface area contributed by atoms with Crippen molar-refractivity contribution in [3.8, 4) is 11.4 Å². The van der Waals surface area contributed by atoms with Gasteiger partial charge in [0.15, 0.2) is 0 Å². The van der Waals surface area contributed by atoms with Crippen LogP contribution in [0.15, 0.2) is 23.8 Å². The molecule has 3 nitrogen and oxygen atoms in total. The molecule has 0 spiro atoms. The van der Waals surface area contributed by atoms with Crippen LogP contribution in [0.3, 0.4) is 0 Å². The lowest BCUT2D eigenvalue weighted by molar-refractivity contribution is 0.685. The first-order valence-electron chi connectivity index (χ1n) is 5.58. The summed E-state index contributed by atoms with van der Waals surface area (Å²) in [6.45, 7) is 4.15. The number of aromatic nitrogens is 2. The predicted octanol–water partition coefficient (Wildman–Crippen LogP) is 2.74. The van der Waals surface area contributed by atoms with Crippen molar-refractivity contribution >= 4 is 11.3 Å². The molecule has 0 atom stereocenters. The summed E-state index contributed by atoms with van der Waals surface area (Å²) in [7, 11) is 1.97. The van der Waals surface area contributed by atoms with Crippen LogP contribution in [0.1, 0.15) is 18.2 Å². The molecule has 4 heteroatoms. The standard InChI is InChI=1S/C12H17N3S/c1-3-5-15-6-4-14-12(15)10-7-11(8-13-2)16-9-10/h4,6-7,9,13H,3,5,8H2,1-2H3. The summed E-state index contributed by atoms with van der Waals surface area (Å²) in [5.41, 5.74) is 1.23. The van der Waals surface area contributed by atoms with E-state index in [1.807, 2.05) is 19.4 Å². The van der Waals surface area contributed by atoms with E-state index in [0.717, 1.165) is 25.3 Å². The molecular formula is C12H17N3S. The van der Waals surface area contributed by atoms with E-state index in [9.17, 15) is 0 Å². The van der Waals surface area contributed by atoms with E-state index in [1.165, 1.54) is 10.4 Å². The average molecular weight is 235 g/mol. The highest BCUT2D eigenvalue weighted by atomic mass is 32.1. The molecule has 2 rings (SSSR count). The van der Waals surface area contributed by atoms with Crippen molar-refractivity contribution < 1.29 is 0 Å². The molecule has 0 aliphatic carbocycles. The molecule has 0 amide bonds. The Balaban J connectivity index is 2.24. The van der Waals surface area contributed by atoms with Gasteiger partial charge in [-0.15, -0.1) is 11.3 Å². The fourth-order valence-corrected chi connectivity index (χ4v) is 2.63. The van der Waals surface area contributed by atoms with Crippen molar-refractivity contribution in [2.24, 2.45) is 0 Å². The van der Waals surface area contributed by atoms with Crippen LogP contribution < -0.4 is 5.32 Å². The van der Waals surface area contributed by atoms with Gasteiger partial charge in [0.25, 0.3) is 0 Å². The molecule has 2 aromatic rings. The van der Waals surface area contributed by atoms with Gasteiger partial charge in [0, 0.05) is 41.3 Å². The Labute approximate surface area is 100 Å². The van der Waals surface area contributed by atoms with Crippen LogP contribution in [-0.4, -0.2) is 16.6 Å². The number of nitrogens with one attached hydrogen (secondary N) is 1. The van der Waals surface area contributed by atoms with Gasteiger partial charge in [-0.3, -0.25) is 0 Å². The molecule has 0 saturated carbocycles. The molecule has 16 heavy (non-hydrogen) atoms. The molecule has 0 aliphatic heterocycles. The number of hydrogen-bond acceptors (Lipinski definition) is 3. The normalized spacial score (nSPS) is 10.9. The Morgan fingerprint density at radius 2 is 2.38 bits per heavy atom. The molecule has 0 unspecified atom stereocenters. The molecule has 0 bridgehead atoms. The van der Waals surface area contributed by atoms with Crippen molar-refractivity contribution in [3.05, 3.63) is 28.7 Å². The van der Waals surface area contributed by atoms with Gasteiger partial charge in [-0.05, 0) is 19.5 Å². The number of imidazole rings is 1. The first-order chi connectivity index (χ1) is 7.85. The second kappa shape index (κ2) is 5.27. The third-order valence-corrected chi connectivity index (χ3v) is 3.38. The van der Waals surface area contributed by atoms with Crippen LogP contribution >= 0.6 is 11.3 Å². The Morgan fingerprint density at radius 3 is 3.12 bits per heavy atom. The van der Waals surface area contributed by atoms with Gasteiger partial charge >= 0.3 is 0 Å². The maximum Gasteiger partial charge on any atom is 0.140 e. The minimum absolute atomic E-state index is 0.930. The summed E-state index contributed by atoms with van der Waals surface area (Å²) in [5, 5.41) is 5.35. The van der Waals surface area contributed by atoms with E-state index in [4.69, 9.17) is 0 Å². The Hall–Kier alpha value is -1.13. The number of hydrogen-bond donors (Lipinski definition) is 1. The van der Waals surface area contributed by atoms with E-state index >= 15 is 0 Å². The molecule has 0 aliphatic rings. The molecule has 1 N–H and O–H groups in total. The molecule has 0 aromatic carbocycles. The van der Waals surface area contributed by atoms with Crippen LogP contribution in [0.2, 0.25) is 0 Å². The Bertz CT molecular complexity index is 445. The second-order valence-corrected chi connectivity index (χ2v) is 4.77. The van der Waals surface area contributed by atoms with Crippen LogP contribution in [0, 0.1) is 0 Å². The summed E-state index contributed by atoms with van der Waals surface area (Å²) in [5.74, 6) is 1.08.